The van der Waals surface area contributed by atoms with E-state index >= 15 is 0 Å². The van der Waals surface area contributed by atoms with Gasteiger partial charge in [-0.15, -0.1) is 11.3 Å². The normalized spacial score (nSPS) is 13.7. The van der Waals surface area contributed by atoms with Gasteiger partial charge in [-0.3, -0.25) is 4.79 Å². The summed E-state index contributed by atoms with van der Waals surface area (Å²) in [6, 6.07) is 8.03. The van der Waals surface area contributed by atoms with Gasteiger partial charge in [0.1, 0.15) is 10.8 Å². The molecule has 1 aliphatic rings. The number of aliphatic hydroxyl groups excluding tert-OH is 1. The van der Waals surface area contributed by atoms with E-state index in [0.717, 1.165) is 35.0 Å². The molecule has 0 amide bonds. The zero-order valence-corrected chi connectivity index (χ0v) is 21.7. The third-order valence-electron chi connectivity index (χ3n) is 6.36. The number of fused-ring (bicyclic) bond motifs is 1. The molecule has 1 saturated carbocycles. The van der Waals surface area contributed by atoms with Crippen molar-refractivity contribution >= 4 is 34.2 Å². The number of rotatable bonds is 8. The van der Waals surface area contributed by atoms with E-state index in [1.165, 1.54) is 42.6 Å². The first-order valence-corrected chi connectivity index (χ1v) is 12.6. The second-order valence-electron chi connectivity index (χ2n) is 8.50. The largest absolute Gasteiger partial charge is 0.497 e. The zero-order valence-electron chi connectivity index (χ0n) is 20.9. The maximum Gasteiger partial charge on any atom is 0.167 e. The van der Waals surface area contributed by atoms with Crippen LogP contribution in [0.5, 0.6) is 5.75 Å². The summed E-state index contributed by atoms with van der Waals surface area (Å²) in [7, 11) is 5.33. The molecule has 0 bridgehead atoms. The highest BCUT2D eigenvalue weighted by Crippen LogP contribution is 2.34. The predicted molar refractivity (Wildman–Crippen MR) is 140 cm³/mol. The minimum absolute atomic E-state index is 0.118. The summed E-state index contributed by atoms with van der Waals surface area (Å²) >= 11 is 1.31. The van der Waals surface area contributed by atoms with Crippen molar-refractivity contribution in [1.82, 2.24) is 14.9 Å². The third kappa shape index (κ3) is 6.98. The first kappa shape index (κ1) is 27.7. The second kappa shape index (κ2) is 14.0. The highest BCUT2D eigenvalue weighted by atomic mass is 32.1. The Kier molecular flexibility index (Phi) is 11.4. The number of aromatic nitrogens is 2. The average Bonchev–Trinajstić information content (AvgIpc) is 3.36. The number of aliphatic hydroxyl groups is 1. The molecule has 2 heterocycles. The fraction of sp³-hybridized carbons (Fsp3) is 0.500. The Morgan fingerprint density at radius 3 is 2.62 bits per heavy atom. The molecule has 34 heavy (non-hydrogen) atoms. The van der Waals surface area contributed by atoms with Gasteiger partial charge in [-0.25, -0.2) is 4.98 Å². The monoisotopic (exact) mass is 486 g/mol. The van der Waals surface area contributed by atoms with Crippen LogP contribution in [0, 0.1) is 17.2 Å². The van der Waals surface area contributed by atoms with E-state index in [1.807, 2.05) is 25.2 Å². The maximum atomic E-state index is 10.8. The minimum atomic E-state index is -0.118. The molecule has 7 nitrogen and oxygen atoms in total. The smallest absolute Gasteiger partial charge is 0.167 e. The summed E-state index contributed by atoms with van der Waals surface area (Å²) in [6.07, 6.45) is 7.75. The Bertz CT molecular complexity index is 1050. The molecule has 2 aromatic heterocycles. The summed E-state index contributed by atoms with van der Waals surface area (Å²) < 4.78 is 7.49. The van der Waals surface area contributed by atoms with Crippen molar-refractivity contribution in [2.75, 3.05) is 14.2 Å². The van der Waals surface area contributed by atoms with Crippen LogP contribution in [-0.2, 0) is 20.2 Å². The molecule has 0 saturated heterocycles. The van der Waals surface area contributed by atoms with Gasteiger partial charge in [0, 0.05) is 25.4 Å². The molecule has 1 fully saturated rings. The van der Waals surface area contributed by atoms with Crippen LogP contribution < -0.4 is 10.1 Å². The lowest BCUT2D eigenvalue weighted by Gasteiger charge is -2.30. The number of hydrogen-bond acceptors (Lipinski definition) is 7. The van der Waals surface area contributed by atoms with Crippen molar-refractivity contribution in [3.8, 4) is 5.75 Å². The Morgan fingerprint density at radius 1 is 1.41 bits per heavy atom. The molecule has 8 heteroatoms. The Hall–Kier alpha value is -2.55. The fourth-order valence-corrected chi connectivity index (χ4v) is 4.83. The van der Waals surface area contributed by atoms with E-state index in [0.29, 0.717) is 28.2 Å². The van der Waals surface area contributed by atoms with E-state index < -0.39 is 0 Å². The van der Waals surface area contributed by atoms with Crippen molar-refractivity contribution in [1.29, 1.82) is 5.41 Å². The summed E-state index contributed by atoms with van der Waals surface area (Å²) in [4.78, 5) is 15.0. The molecular weight excluding hydrogens is 448 g/mol. The van der Waals surface area contributed by atoms with Crippen LogP contribution in [-0.4, -0.2) is 41.3 Å². The summed E-state index contributed by atoms with van der Waals surface area (Å²) in [5, 5.41) is 19.9. The maximum absolute atomic E-state index is 10.8. The van der Waals surface area contributed by atoms with E-state index in [1.54, 1.807) is 18.7 Å². The molecule has 186 valence electrons. The van der Waals surface area contributed by atoms with Crippen LogP contribution in [0.15, 0.2) is 24.3 Å². The van der Waals surface area contributed by atoms with Gasteiger partial charge in [-0.05, 0) is 36.6 Å². The molecule has 1 aliphatic carbocycles. The Morgan fingerprint density at radius 2 is 2.15 bits per heavy atom. The third-order valence-corrected chi connectivity index (χ3v) is 7.42. The van der Waals surface area contributed by atoms with Gasteiger partial charge in [-0.1, -0.05) is 51.7 Å². The van der Waals surface area contributed by atoms with Crippen LogP contribution in [0.3, 0.4) is 0 Å². The van der Waals surface area contributed by atoms with Crippen molar-refractivity contribution in [3.05, 3.63) is 46.1 Å². The number of ether oxygens (including phenoxy) is 1. The number of carbonyl (C=O) groups excluding carboxylic acids is 1. The Labute approximate surface area is 206 Å². The lowest BCUT2D eigenvalue weighted by atomic mass is 9.76. The van der Waals surface area contributed by atoms with E-state index in [9.17, 15) is 4.79 Å². The number of thiazole rings is 1. The number of nitrogens with one attached hydrogen (secondary N) is 2. The van der Waals surface area contributed by atoms with Gasteiger partial charge < -0.3 is 25.1 Å². The van der Waals surface area contributed by atoms with Crippen molar-refractivity contribution < 1.29 is 14.6 Å². The van der Waals surface area contributed by atoms with Crippen LogP contribution in [0.1, 0.15) is 66.2 Å². The highest BCUT2D eigenvalue weighted by Gasteiger charge is 2.21. The number of benzene rings is 1. The average molecular weight is 487 g/mol. The highest BCUT2D eigenvalue weighted by molar-refractivity contribution is 7.19. The first-order chi connectivity index (χ1) is 16.4. The Balaban J connectivity index is 0.000000190. The lowest BCUT2D eigenvalue weighted by Crippen LogP contribution is -2.18. The minimum Gasteiger partial charge on any atom is -0.497 e. The molecule has 0 aliphatic heterocycles. The predicted octanol–water partition coefficient (Wildman–Crippen LogP) is 5.18. The number of nitrogens with zero attached hydrogens (tertiary/aromatic N) is 2. The van der Waals surface area contributed by atoms with Crippen LogP contribution in [0.2, 0.25) is 0 Å². The van der Waals surface area contributed by atoms with Crippen LogP contribution in [0.4, 0.5) is 0 Å². The molecule has 1 unspecified atom stereocenters. The van der Waals surface area contributed by atoms with Gasteiger partial charge in [0.05, 0.1) is 24.1 Å². The number of hydrogen-bond donors (Lipinski definition) is 3. The van der Waals surface area contributed by atoms with Gasteiger partial charge in [0.25, 0.3) is 0 Å². The van der Waals surface area contributed by atoms with Crippen LogP contribution in [0.25, 0.3) is 10.3 Å². The fourth-order valence-electron chi connectivity index (χ4n) is 3.85. The summed E-state index contributed by atoms with van der Waals surface area (Å²) in [6.45, 7) is 5.44. The quantitative estimate of drug-likeness (QED) is 0.301. The SMILES string of the molecule is CCC(C)C1CCC1.CNCc1cccc(OC)c1.Cn1c(C=O)c(C=N)c2sc(CO)nc21. The van der Waals surface area contributed by atoms with Crippen molar-refractivity contribution in [2.45, 2.75) is 52.7 Å². The molecule has 3 N–H and O–H groups in total. The molecule has 1 atom stereocenters. The van der Waals surface area contributed by atoms with Gasteiger partial charge in [0.2, 0.25) is 0 Å². The van der Waals surface area contributed by atoms with Gasteiger partial charge in [0.15, 0.2) is 11.9 Å². The molecule has 0 spiro atoms. The molecule has 4 rings (SSSR count). The standard InChI is InChI=1S/C9H9N3O2S.C9H13NO.C8H16/c1-12-6(3-13)5(2-10)8-9(12)11-7(4-14)15-8;1-10-7-8-4-3-5-9(6-8)11-2;1-3-7(2)8-5-4-6-8/h2-3,10,14H,4H2,1H3;3-6,10H,7H2,1-2H3;7-8H,3-6H2,1-2H3. The van der Waals surface area contributed by atoms with Crippen LogP contribution >= 0.6 is 11.3 Å². The first-order valence-electron chi connectivity index (χ1n) is 11.8. The molecule has 1 aromatic carbocycles. The van der Waals surface area contributed by atoms with Gasteiger partial charge in [-0.2, -0.15) is 0 Å². The van der Waals surface area contributed by atoms with E-state index in [4.69, 9.17) is 15.3 Å². The summed E-state index contributed by atoms with van der Waals surface area (Å²) in [5.41, 5.74) is 2.90. The number of carbonyl (C=O) groups is 1. The lowest BCUT2D eigenvalue weighted by molar-refractivity contribution is 0.111. The zero-order chi connectivity index (χ0) is 25.1. The van der Waals surface area contributed by atoms with Crippen molar-refractivity contribution in [3.63, 3.8) is 0 Å². The second-order valence-corrected chi connectivity index (χ2v) is 9.58. The van der Waals surface area contributed by atoms with E-state index in [-0.39, 0.29) is 6.61 Å². The van der Waals surface area contributed by atoms with E-state index in [2.05, 4.69) is 30.2 Å². The topological polar surface area (TPSA) is 100 Å². The molecular formula is C26H38N4O3S. The number of methoxy groups -OCH3 is 1. The van der Waals surface area contributed by atoms with Crippen molar-refractivity contribution in [2.24, 2.45) is 18.9 Å². The number of aryl methyl sites for hydroxylation is 1. The van der Waals surface area contributed by atoms with Gasteiger partial charge >= 0.3 is 0 Å². The molecule has 0 radical (unpaired) electrons. The summed E-state index contributed by atoms with van der Waals surface area (Å²) in [5.74, 6) is 3.02. The molecule has 3 aromatic rings. The number of aldehydes is 1.